The molecule has 1 spiro atoms. The fraction of sp³-hybridized carbons (Fsp3) is 0.455. The first-order valence-corrected chi connectivity index (χ1v) is 10.7. The molecule has 0 unspecified atom stereocenters. The van der Waals surface area contributed by atoms with Crippen molar-refractivity contribution in [3.05, 3.63) is 54.0 Å². The van der Waals surface area contributed by atoms with E-state index in [-0.39, 0.29) is 17.7 Å². The molecular weight excluding hydrogens is 380 g/mol. The Morgan fingerprint density at radius 1 is 1.10 bits per heavy atom. The number of imidazole rings is 2. The molecule has 0 radical (unpaired) electrons. The number of nitrogens with zero attached hydrogens (tertiary/aromatic N) is 5. The van der Waals surface area contributed by atoms with Gasteiger partial charge in [0.25, 0.3) is 5.91 Å². The van der Waals surface area contributed by atoms with Crippen molar-refractivity contribution in [2.75, 3.05) is 19.6 Å². The standard InChI is InChI=1S/C22H24N6O2/c29-20(15-4-5-15)28-10-6-16-19(25-14-24-16)22(28)7-11-26(12-8-22)21(30)17-13-23-18-3-1-2-9-27(17)18/h1-3,9,13-15H,4-8,10-12H2,(H,24,25). The van der Waals surface area contributed by atoms with Crippen molar-refractivity contribution in [3.63, 3.8) is 0 Å². The molecule has 8 nitrogen and oxygen atoms in total. The van der Waals surface area contributed by atoms with Gasteiger partial charge in [-0.2, -0.15) is 0 Å². The van der Waals surface area contributed by atoms with Gasteiger partial charge in [0.1, 0.15) is 11.3 Å². The van der Waals surface area contributed by atoms with Gasteiger partial charge in [-0.15, -0.1) is 0 Å². The monoisotopic (exact) mass is 404 g/mol. The van der Waals surface area contributed by atoms with Crippen LogP contribution in [0.15, 0.2) is 36.9 Å². The van der Waals surface area contributed by atoms with Crippen LogP contribution in [0.25, 0.3) is 5.65 Å². The molecule has 2 aliphatic heterocycles. The molecule has 0 bridgehead atoms. The number of carbonyl (C=O) groups is 2. The summed E-state index contributed by atoms with van der Waals surface area (Å²) in [6.07, 6.45) is 9.51. The smallest absolute Gasteiger partial charge is 0.272 e. The fourth-order valence-corrected chi connectivity index (χ4v) is 5.19. The molecule has 154 valence electrons. The number of amides is 2. The highest BCUT2D eigenvalue weighted by atomic mass is 16.2. The lowest BCUT2D eigenvalue weighted by Crippen LogP contribution is -2.59. The predicted octanol–water partition coefficient (Wildman–Crippen LogP) is 1.98. The highest BCUT2D eigenvalue weighted by molar-refractivity contribution is 5.93. The van der Waals surface area contributed by atoms with E-state index in [0.717, 1.165) is 42.8 Å². The summed E-state index contributed by atoms with van der Waals surface area (Å²) >= 11 is 0. The zero-order chi connectivity index (χ0) is 20.3. The third kappa shape index (κ3) is 2.52. The van der Waals surface area contributed by atoms with Crippen LogP contribution < -0.4 is 0 Å². The summed E-state index contributed by atoms with van der Waals surface area (Å²) in [4.78, 5) is 42.6. The third-order valence-corrected chi connectivity index (χ3v) is 6.97. The first-order valence-electron chi connectivity index (χ1n) is 10.7. The lowest BCUT2D eigenvalue weighted by Gasteiger charge is -2.50. The Bertz CT molecular complexity index is 1140. The Morgan fingerprint density at radius 2 is 1.93 bits per heavy atom. The summed E-state index contributed by atoms with van der Waals surface area (Å²) in [5.41, 5.74) is 3.09. The van der Waals surface area contributed by atoms with Crippen molar-refractivity contribution in [1.82, 2.24) is 29.2 Å². The second-order valence-electron chi connectivity index (χ2n) is 8.64. The number of likely N-dealkylation sites (tertiary alicyclic amines) is 1. The van der Waals surface area contributed by atoms with Crippen molar-refractivity contribution >= 4 is 17.5 Å². The predicted molar refractivity (Wildman–Crippen MR) is 109 cm³/mol. The summed E-state index contributed by atoms with van der Waals surface area (Å²) in [5.74, 6) is 0.437. The SMILES string of the molecule is O=C(c1cnc2ccccn12)N1CCC2(CC1)c1nc[nH]c1CCN2C(=O)C1CC1. The second kappa shape index (κ2) is 6.42. The molecule has 1 N–H and O–H groups in total. The number of piperidine rings is 1. The number of H-pyrrole nitrogens is 1. The Balaban J connectivity index is 1.29. The van der Waals surface area contributed by atoms with Gasteiger partial charge in [0, 0.05) is 43.9 Å². The van der Waals surface area contributed by atoms with Crippen molar-refractivity contribution in [3.8, 4) is 0 Å². The number of nitrogens with one attached hydrogen (secondary N) is 1. The summed E-state index contributed by atoms with van der Waals surface area (Å²) in [6, 6.07) is 5.71. The average Bonchev–Trinajstić information content (AvgIpc) is 3.35. The van der Waals surface area contributed by atoms with Crippen LogP contribution in [0.5, 0.6) is 0 Å². The van der Waals surface area contributed by atoms with E-state index in [1.807, 2.05) is 33.7 Å². The van der Waals surface area contributed by atoms with Gasteiger partial charge in [0.15, 0.2) is 0 Å². The maximum Gasteiger partial charge on any atom is 0.272 e. The maximum atomic E-state index is 13.2. The van der Waals surface area contributed by atoms with Crippen LogP contribution >= 0.6 is 0 Å². The van der Waals surface area contributed by atoms with Crippen molar-refractivity contribution in [1.29, 1.82) is 0 Å². The fourth-order valence-electron chi connectivity index (χ4n) is 5.19. The first-order chi connectivity index (χ1) is 14.7. The molecule has 0 atom stereocenters. The van der Waals surface area contributed by atoms with Gasteiger partial charge >= 0.3 is 0 Å². The molecule has 1 saturated heterocycles. The number of rotatable bonds is 2. The van der Waals surface area contributed by atoms with Crippen LogP contribution in [-0.2, 0) is 16.8 Å². The Kier molecular flexibility index (Phi) is 3.78. The van der Waals surface area contributed by atoms with E-state index < -0.39 is 5.54 Å². The minimum absolute atomic E-state index is 0.0123. The molecule has 1 saturated carbocycles. The number of hydrogen-bond acceptors (Lipinski definition) is 4. The molecule has 8 heteroatoms. The van der Waals surface area contributed by atoms with Gasteiger partial charge in [0.05, 0.1) is 23.8 Å². The van der Waals surface area contributed by atoms with Gasteiger partial charge in [-0.1, -0.05) is 6.07 Å². The van der Waals surface area contributed by atoms with E-state index in [4.69, 9.17) is 0 Å². The number of fused-ring (bicyclic) bond motifs is 3. The highest BCUT2D eigenvalue weighted by Crippen LogP contribution is 2.45. The van der Waals surface area contributed by atoms with E-state index in [9.17, 15) is 9.59 Å². The van der Waals surface area contributed by atoms with Crippen LogP contribution in [0.1, 0.15) is 47.6 Å². The topological polar surface area (TPSA) is 86.6 Å². The molecule has 2 fully saturated rings. The zero-order valence-corrected chi connectivity index (χ0v) is 16.8. The van der Waals surface area contributed by atoms with Crippen LogP contribution in [0.3, 0.4) is 0 Å². The van der Waals surface area contributed by atoms with Crippen LogP contribution in [0.4, 0.5) is 0 Å². The lowest BCUT2D eigenvalue weighted by atomic mass is 9.78. The highest BCUT2D eigenvalue weighted by Gasteiger charge is 2.51. The van der Waals surface area contributed by atoms with Gasteiger partial charge < -0.3 is 14.8 Å². The first kappa shape index (κ1) is 17.7. The Morgan fingerprint density at radius 3 is 2.73 bits per heavy atom. The number of aromatic amines is 1. The van der Waals surface area contributed by atoms with Gasteiger partial charge in [-0.3, -0.25) is 14.0 Å². The average molecular weight is 404 g/mol. The normalized spacial score (nSPS) is 20.5. The number of carbonyl (C=O) groups excluding carboxylic acids is 2. The quantitative estimate of drug-likeness (QED) is 0.708. The van der Waals surface area contributed by atoms with Crippen molar-refractivity contribution < 1.29 is 9.59 Å². The van der Waals surface area contributed by atoms with Gasteiger partial charge in [0.2, 0.25) is 5.91 Å². The minimum Gasteiger partial charge on any atom is -0.348 e. The molecule has 3 aromatic rings. The number of pyridine rings is 1. The minimum atomic E-state index is -0.399. The summed E-state index contributed by atoms with van der Waals surface area (Å²) in [5, 5.41) is 0. The number of hydrogen-bond donors (Lipinski definition) is 1. The van der Waals surface area contributed by atoms with Gasteiger partial charge in [-0.05, 0) is 37.8 Å². The zero-order valence-electron chi connectivity index (χ0n) is 16.8. The van der Waals surface area contributed by atoms with E-state index in [1.165, 1.54) is 0 Å². The second-order valence-corrected chi connectivity index (χ2v) is 8.64. The molecule has 30 heavy (non-hydrogen) atoms. The third-order valence-electron chi connectivity index (χ3n) is 6.97. The summed E-state index contributed by atoms with van der Waals surface area (Å²) in [7, 11) is 0. The molecule has 2 amide bonds. The maximum absolute atomic E-state index is 13.2. The van der Waals surface area contributed by atoms with E-state index in [1.54, 1.807) is 12.5 Å². The molecule has 3 aromatic heterocycles. The van der Waals surface area contributed by atoms with E-state index >= 15 is 0 Å². The summed E-state index contributed by atoms with van der Waals surface area (Å²) in [6.45, 7) is 1.92. The van der Waals surface area contributed by atoms with E-state index in [0.29, 0.717) is 31.6 Å². The molecular formula is C22H24N6O2. The molecule has 1 aliphatic carbocycles. The molecule has 3 aliphatic rings. The summed E-state index contributed by atoms with van der Waals surface area (Å²) < 4.78 is 1.84. The Hall–Kier alpha value is -3.16. The van der Waals surface area contributed by atoms with Crippen LogP contribution in [0.2, 0.25) is 0 Å². The van der Waals surface area contributed by atoms with Crippen molar-refractivity contribution in [2.45, 2.75) is 37.6 Å². The van der Waals surface area contributed by atoms with Crippen molar-refractivity contribution in [2.24, 2.45) is 5.92 Å². The van der Waals surface area contributed by atoms with Gasteiger partial charge in [-0.25, -0.2) is 9.97 Å². The largest absolute Gasteiger partial charge is 0.348 e. The van der Waals surface area contributed by atoms with E-state index in [2.05, 4.69) is 19.9 Å². The van der Waals surface area contributed by atoms with Crippen LogP contribution in [0, 0.1) is 5.92 Å². The number of aromatic nitrogens is 4. The molecule has 6 rings (SSSR count). The molecule has 0 aromatic carbocycles. The lowest BCUT2D eigenvalue weighted by molar-refractivity contribution is -0.143. The van der Waals surface area contributed by atoms with Crippen LogP contribution in [-0.4, -0.2) is 60.6 Å². The molecule has 5 heterocycles. The Labute approximate surface area is 173 Å².